The molecule has 2 N–H and O–H groups in total. The van der Waals surface area contributed by atoms with Gasteiger partial charge < -0.3 is 19.9 Å². The first-order valence-corrected chi connectivity index (χ1v) is 11.1. The number of rotatable bonds is 5. The van der Waals surface area contributed by atoms with Gasteiger partial charge in [0.05, 0.1) is 18.0 Å². The minimum atomic E-state index is 0.105. The van der Waals surface area contributed by atoms with Crippen LogP contribution in [0.3, 0.4) is 0 Å². The molecule has 172 valence electrons. The number of methoxy groups -OCH3 is 1. The minimum Gasteiger partial charge on any atom is -0.480 e. The highest BCUT2D eigenvalue weighted by Gasteiger charge is 2.28. The maximum atomic E-state index is 12.2. The van der Waals surface area contributed by atoms with E-state index in [0.717, 1.165) is 53.2 Å². The van der Waals surface area contributed by atoms with Crippen molar-refractivity contribution in [1.29, 1.82) is 0 Å². The van der Waals surface area contributed by atoms with Crippen molar-refractivity contribution in [2.75, 3.05) is 26.5 Å². The van der Waals surface area contributed by atoms with Gasteiger partial charge in [0.15, 0.2) is 0 Å². The maximum absolute atomic E-state index is 12.2. The molecule has 0 saturated heterocycles. The number of nitrogens with zero attached hydrogens (tertiary/aromatic N) is 6. The molecule has 33 heavy (non-hydrogen) atoms. The van der Waals surface area contributed by atoms with E-state index in [1.165, 1.54) is 0 Å². The predicted octanol–water partition coefficient (Wildman–Crippen LogP) is 2.97. The Bertz CT molecular complexity index is 1320. The summed E-state index contributed by atoms with van der Waals surface area (Å²) in [5.74, 6) is 1.36. The van der Waals surface area contributed by atoms with Gasteiger partial charge in [0.2, 0.25) is 17.7 Å². The summed E-state index contributed by atoms with van der Waals surface area (Å²) in [5, 5.41) is 12.5. The molecule has 10 nitrogen and oxygen atoms in total. The average molecular weight is 449 g/mol. The van der Waals surface area contributed by atoms with Gasteiger partial charge in [0.25, 0.3) is 0 Å². The number of anilines is 1. The molecule has 0 radical (unpaired) electrons. The molecule has 3 heterocycles. The van der Waals surface area contributed by atoms with Crippen molar-refractivity contribution in [2.24, 2.45) is 13.0 Å². The SMILES string of the molecule is COc1nc(NC2CCC(C(=O)N(C)C)CC2)nc2[nH]cc(-c3ccc4nnn(C)c4c3)c12. The van der Waals surface area contributed by atoms with E-state index in [9.17, 15) is 4.79 Å². The molecule has 1 aliphatic carbocycles. The number of aromatic amines is 1. The molecule has 1 amide bonds. The molecule has 1 saturated carbocycles. The highest BCUT2D eigenvalue weighted by molar-refractivity contribution is 5.99. The summed E-state index contributed by atoms with van der Waals surface area (Å²) >= 11 is 0. The van der Waals surface area contributed by atoms with Crippen LogP contribution in [0.2, 0.25) is 0 Å². The predicted molar refractivity (Wildman–Crippen MR) is 126 cm³/mol. The van der Waals surface area contributed by atoms with Crippen molar-refractivity contribution in [3.05, 3.63) is 24.4 Å². The molecule has 1 aromatic carbocycles. The molecule has 0 aliphatic heterocycles. The third kappa shape index (κ3) is 3.85. The van der Waals surface area contributed by atoms with Crippen LogP contribution < -0.4 is 10.1 Å². The van der Waals surface area contributed by atoms with Crippen molar-refractivity contribution in [3.63, 3.8) is 0 Å². The first kappa shape index (κ1) is 21.2. The Morgan fingerprint density at radius 1 is 1.21 bits per heavy atom. The third-order valence-corrected chi connectivity index (χ3v) is 6.46. The van der Waals surface area contributed by atoms with Crippen LogP contribution in [-0.4, -0.2) is 68.0 Å². The lowest BCUT2D eigenvalue weighted by Gasteiger charge is -2.29. The Balaban J connectivity index is 1.40. The molecule has 0 bridgehead atoms. The fraction of sp³-hybridized carbons (Fsp3) is 0.435. The van der Waals surface area contributed by atoms with Crippen molar-refractivity contribution >= 4 is 33.9 Å². The molecule has 5 rings (SSSR count). The Kier molecular flexibility index (Phi) is 5.35. The number of aryl methyl sites for hydroxylation is 1. The van der Waals surface area contributed by atoms with Gasteiger partial charge in [-0.3, -0.25) is 4.79 Å². The summed E-state index contributed by atoms with van der Waals surface area (Å²) < 4.78 is 7.41. The summed E-state index contributed by atoms with van der Waals surface area (Å²) in [6.45, 7) is 0. The zero-order chi connectivity index (χ0) is 23.1. The molecular weight excluding hydrogens is 420 g/mol. The number of ether oxygens (including phenoxy) is 1. The number of carbonyl (C=O) groups is 1. The molecule has 10 heteroatoms. The molecule has 1 fully saturated rings. The van der Waals surface area contributed by atoms with E-state index >= 15 is 0 Å². The van der Waals surface area contributed by atoms with Gasteiger partial charge in [-0.25, -0.2) is 4.68 Å². The van der Waals surface area contributed by atoms with Gasteiger partial charge in [-0.15, -0.1) is 5.10 Å². The summed E-state index contributed by atoms with van der Waals surface area (Å²) in [5.41, 5.74) is 4.46. The number of hydrogen-bond donors (Lipinski definition) is 2. The normalized spacial score (nSPS) is 18.5. The van der Waals surface area contributed by atoms with Gasteiger partial charge in [0, 0.05) is 44.9 Å². The number of benzene rings is 1. The second kappa shape index (κ2) is 8.34. The van der Waals surface area contributed by atoms with E-state index in [1.54, 1.807) is 16.7 Å². The van der Waals surface area contributed by atoms with Crippen molar-refractivity contribution < 1.29 is 9.53 Å². The van der Waals surface area contributed by atoms with Crippen molar-refractivity contribution in [2.45, 2.75) is 31.7 Å². The number of nitrogens with one attached hydrogen (secondary N) is 2. The van der Waals surface area contributed by atoms with Crippen LogP contribution in [0.25, 0.3) is 33.2 Å². The smallest absolute Gasteiger partial charge is 0.228 e. The first-order chi connectivity index (χ1) is 15.9. The summed E-state index contributed by atoms with van der Waals surface area (Å²) in [7, 11) is 7.13. The highest BCUT2D eigenvalue weighted by atomic mass is 16.5. The Morgan fingerprint density at radius 2 is 2.00 bits per heavy atom. The molecule has 0 unspecified atom stereocenters. The Hall–Kier alpha value is -3.69. The Morgan fingerprint density at radius 3 is 2.73 bits per heavy atom. The number of aromatic nitrogens is 6. The monoisotopic (exact) mass is 448 g/mol. The maximum Gasteiger partial charge on any atom is 0.228 e. The highest BCUT2D eigenvalue weighted by Crippen LogP contribution is 2.36. The number of carbonyl (C=O) groups excluding carboxylic acids is 1. The van der Waals surface area contributed by atoms with Crippen LogP contribution in [-0.2, 0) is 11.8 Å². The van der Waals surface area contributed by atoms with E-state index in [-0.39, 0.29) is 17.9 Å². The molecule has 3 aromatic heterocycles. The third-order valence-electron chi connectivity index (χ3n) is 6.46. The second-order valence-electron chi connectivity index (χ2n) is 8.82. The van der Waals surface area contributed by atoms with Crippen LogP contribution in [0.1, 0.15) is 25.7 Å². The number of amides is 1. The van der Waals surface area contributed by atoms with Gasteiger partial charge in [-0.2, -0.15) is 9.97 Å². The average Bonchev–Trinajstić information content (AvgIpc) is 3.42. The van der Waals surface area contributed by atoms with Crippen molar-refractivity contribution in [3.8, 4) is 17.0 Å². The molecular formula is C23H28N8O2. The summed E-state index contributed by atoms with van der Waals surface area (Å²) in [4.78, 5) is 26.6. The van der Waals surface area contributed by atoms with Crippen LogP contribution in [0.4, 0.5) is 5.95 Å². The molecule has 1 aliphatic rings. The fourth-order valence-electron chi connectivity index (χ4n) is 4.67. The van der Waals surface area contributed by atoms with E-state index in [4.69, 9.17) is 9.72 Å². The quantitative estimate of drug-likeness (QED) is 0.482. The Labute approximate surface area is 191 Å². The van der Waals surface area contributed by atoms with Crippen LogP contribution in [0.5, 0.6) is 5.88 Å². The largest absolute Gasteiger partial charge is 0.480 e. The lowest BCUT2D eigenvalue weighted by atomic mass is 9.85. The van der Waals surface area contributed by atoms with Crippen LogP contribution >= 0.6 is 0 Å². The first-order valence-electron chi connectivity index (χ1n) is 11.1. The van der Waals surface area contributed by atoms with Gasteiger partial charge in [0.1, 0.15) is 11.2 Å². The van der Waals surface area contributed by atoms with Crippen LogP contribution in [0, 0.1) is 5.92 Å². The van der Waals surface area contributed by atoms with Gasteiger partial charge in [-0.1, -0.05) is 11.3 Å². The standard InChI is InChI=1S/C23H28N8O2/c1-30(2)22(32)13-5-8-15(9-6-13)25-23-26-20-19(21(27-23)33-4)16(12-24-20)14-7-10-17-18(11-14)31(3)29-28-17/h7,10-13,15H,5-6,8-9H2,1-4H3,(H2,24,25,26,27). The van der Waals surface area contributed by atoms with Gasteiger partial charge >= 0.3 is 0 Å². The molecule has 4 aromatic rings. The van der Waals surface area contributed by atoms with E-state index in [1.807, 2.05) is 39.5 Å². The summed E-state index contributed by atoms with van der Waals surface area (Å²) in [6.07, 6.45) is 5.47. The van der Waals surface area contributed by atoms with Crippen molar-refractivity contribution in [1.82, 2.24) is 34.8 Å². The number of fused-ring (bicyclic) bond motifs is 2. The molecule has 0 atom stereocenters. The van der Waals surface area contributed by atoms with E-state index in [0.29, 0.717) is 17.5 Å². The van der Waals surface area contributed by atoms with E-state index < -0.39 is 0 Å². The minimum absolute atomic E-state index is 0.105. The lowest BCUT2D eigenvalue weighted by molar-refractivity contribution is -0.133. The molecule has 0 spiro atoms. The zero-order valence-corrected chi connectivity index (χ0v) is 19.3. The summed E-state index contributed by atoms with van der Waals surface area (Å²) in [6, 6.07) is 6.25. The van der Waals surface area contributed by atoms with Crippen LogP contribution in [0.15, 0.2) is 24.4 Å². The fourth-order valence-corrected chi connectivity index (χ4v) is 4.67. The lowest BCUT2D eigenvalue weighted by Crippen LogP contribution is -2.35. The topological polar surface area (TPSA) is 114 Å². The number of H-pyrrole nitrogens is 1. The second-order valence-corrected chi connectivity index (χ2v) is 8.82. The zero-order valence-electron chi connectivity index (χ0n) is 19.3. The number of hydrogen-bond acceptors (Lipinski definition) is 7. The van der Waals surface area contributed by atoms with E-state index in [2.05, 4.69) is 31.7 Å². The van der Waals surface area contributed by atoms with Gasteiger partial charge in [-0.05, 0) is 43.4 Å².